The standard InChI is InChI=1S/C8H6BF3N2O/c1-4(15)14-7-2-5(8(10,11)12)6(9)3-13-7/h2-3H,1H3,(H,13,14,15). The first-order chi connectivity index (χ1) is 6.80. The lowest BCUT2D eigenvalue weighted by atomic mass is 9.92. The lowest BCUT2D eigenvalue weighted by molar-refractivity contribution is -0.136. The fourth-order valence-electron chi connectivity index (χ4n) is 0.960. The Morgan fingerprint density at radius 1 is 1.53 bits per heavy atom. The number of anilines is 1. The number of nitrogens with zero attached hydrogens (tertiary/aromatic N) is 1. The summed E-state index contributed by atoms with van der Waals surface area (Å²) in [5, 5.41) is 2.14. The van der Waals surface area contributed by atoms with Gasteiger partial charge in [0.2, 0.25) is 5.91 Å². The number of nitrogens with one attached hydrogen (secondary N) is 1. The highest BCUT2D eigenvalue weighted by Gasteiger charge is 2.32. The molecule has 0 spiro atoms. The van der Waals surface area contributed by atoms with Gasteiger partial charge < -0.3 is 5.32 Å². The van der Waals surface area contributed by atoms with Crippen molar-refractivity contribution in [3.8, 4) is 0 Å². The van der Waals surface area contributed by atoms with Crippen LogP contribution >= 0.6 is 0 Å². The second kappa shape index (κ2) is 3.92. The minimum absolute atomic E-state index is 0.177. The molecule has 0 saturated heterocycles. The molecule has 0 atom stereocenters. The van der Waals surface area contributed by atoms with E-state index in [9.17, 15) is 18.0 Å². The molecule has 2 radical (unpaired) electrons. The van der Waals surface area contributed by atoms with Crippen molar-refractivity contribution in [1.29, 1.82) is 0 Å². The van der Waals surface area contributed by atoms with E-state index in [1.165, 1.54) is 6.92 Å². The molecule has 0 unspecified atom stereocenters. The smallest absolute Gasteiger partial charge is 0.311 e. The van der Waals surface area contributed by atoms with Gasteiger partial charge in [-0.15, -0.1) is 0 Å². The lowest BCUT2D eigenvalue weighted by Crippen LogP contribution is -2.21. The van der Waals surface area contributed by atoms with Crippen molar-refractivity contribution in [1.82, 2.24) is 4.98 Å². The number of pyridine rings is 1. The summed E-state index contributed by atoms with van der Waals surface area (Å²) < 4.78 is 37.0. The van der Waals surface area contributed by atoms with E-state index < -0.39 is 23.1 Å². The Balaban J connectivity index is 3.11. The summed E-state index contributed by atoms with van der Waals surface area (Å²) in [6.45, 7) is 1.17. The van der Waals surface area contributed by atoms with Crippen LogP contribution in [0.1, 0.15) is 12.5 Å². The maximum absolute atomic E-state index is 12.3. The summed E-state index contributed by atoms with van der Waals surface area (Å²) in [5.41, 5.74) is -1.49. The highest BCUT2D eigenvalue weighted by molar-refractivity contribution is 6.33. The van der Waals surface area contributed by atoms with Gasteiger partial charge in [0.15, 0.2) is 0 Å². The third kappa shape index (κ3) is 2.97. The fourth-order valence-corrected chi connectivity index (χ4v) is 0.960. The minimum atomic E-state index is -4.56. The van der Waals surface area contributed by atoms with Crippen molar-refractivity contribution < 1.29 is 18.0 Å². The Bertz CT molecular complexity index is 392. The van der Waals surface area contributed by atoms with Gasteiger partial charge in [-0.1, -0.05) is 5.46 Å². The Morgan fingerprint density at radius 2 is 2.13 bits per heavy atom. The molecule has 78 valence electrons. The van der Waals surface area contributed by atoms with E-state index in [4.69, 9.17) is 7.85 Å². The highest BCUT2D eigenvalue weighted by atomic mass is 19.4. The van der Waals surface area contributed by atoms with E-state index in [1.807, 2.05) is 0 Å². The van der Waals surface area contributed by atoms with Crippen molar-refractivity contribution in [3.05, 3.63) is 17.8 Å². The van der Waals surface area contributed by atoms with Gasteiger partial charge in [-0.3, -0.25) is 4.79 Å². The molecule has 0 aliphatic rings. The predicted octanol–water partition coefficient (Wildman–Crippen LogP) is 0.853. The van der Waals surface area contributed by atoms with Crippen LogP contribution in [-0.4, -0.2) is 18.7 Å². The molecule has 1 rings (SSSR count). The average molecular weight is 214 g/mol. The van der Waals surface area contributed by atoms with Crippen LogP contribution in [0.25, 0.3) is 0 Å². The molecule has 0 fully saturated rings. The molecular formula is C8H6BF3N2O. The zero-order chi connectivity index (χ0) is 11.6. The normalized spacial score (nSPS) is 11.2. The molecule has 0 saturated carbocycles. The molecule has 1 amide bonds. The van der Waals surface area contributed by atoms with Gasteiger partial charge in [0.05, 0.1) is 5.56 Å². The van der Waals surface area contributed by atoms with Gasteiger partial charge in [-0.05, 0) is 6.07 Å². The Morgan fingerprint density at radius 3 is 2.60 bits per heavy atom. The monoisotopic (exact) mass is 214 g/mol. The summed E-state index contributed by atoms with van der Waals surface area (Å²) in [7, 11) is 5.11. The number of carbonyl (C=O) groups excluding carboxylic acids is 1. The molecular weight excluding hydrogens is 208 g/mol. The SMILES string of the molecule is [B]c1cnc(NC(C)=O)cc1C(F)(F)F. The van der Waals surface area contributed by atoms with Crippen LogP contribution in [0.15, 0.2) is 12.3 Å². The van der Waals surface area contributed by atoms with Crippen LogP contribution in [-0.2, 0) is 11.0 Å². The molecule has 1 aromatic heterocycles. The van der Waals surface area contributed by atoms with Crippen molar-refractivity contribution in [2.24, 2.45) is 0 Å². The molecule has 0 bridgehead atoms. The van der Waals surface area contributed by atoms with E-state index in [2.05, 4.69) is 10.3 Å². The van der Waals surface area contributed by atoms with Crippen LogP contribution in [0.3, 0.4) is 0 Å². The van der Waals surface area contributed by atoms with Gasteiger partial charge in [0, 0.05) is 13.1 Å². The van der Waals surface area contributed by atoms with Gasteiger partial charge in [-0.2, -0.15) is 13.2 Å². The fraction of sp³-hybridized carbons (Fsp3) is 0.250. The maximum Gasteiger partial charge on any atom is 0.416 e. The van der Waals surface area contributed by atoms with Crippen LogP contribution in [0.5, 0.6) is 0 Å². The number of halogens is 3. The van der Waals surface area contributed by atoms with E-state index in [0.717, 1.165) is 6.20 Å². The highest BCUT2D eigenvalue weighted by Crippen LogP contribution is 2.28. The number of hydrogen-bond donors (Lipinski definition) is 1. The first-order valence-electron chi connectivity index (χ1n) is 3.91. The first-order valence-corrected chi connectivity index (χ1v) is 3.91. The lowest BCUT2D eigenvalue weighted by Gasteiger charge is -2.11. The van der Waals surface area contributed by atoms with Crippen molar-refractivity contribution in [3.63, 3.8) is 0 Å². The van der Waals surface area contributed by atoms with Gasteiger partial charge in [0.25, 0.3) is 0 Å². The number of hydrogen-bond acceptors (Lipinski definition) is 2. The quantitative estimate of drug-likeness (QED) is 0.704. The summed E-state index contributed by atoms with van der Waals surface area (Å²) in [6.07, 6.45) is -3.70. The van der Waals surface area contributed by atoms with Gasteiger partial charge in [-0.25, -0.2) is 4.98 Å². The van der Waals surface area contributed by atoms with Crippen LogP contribution in [0.2, 0.25) is 0 Å². The number of aromatic nitrogens is 1. The molecule has 1 heterocycles. The summed E-state index contributed by atoms with van der Waals surface area (Å²) in [5.74, 6) is -0.676. The third-order valence-electron chi connectivity index (χ3n) is 1.54. The number of alkyl halides is 3. The molecule has 0 aromatic carbocycles. The Hall–Kier alpha value is -1.53. The number of amides is 1. The minimum Gasteiger partial charge on any atom is -0.311 e. The van der Waals surface area contributed by atoms with E-state index in [1.54, 1.807) is 0 Å². The second-order valence-corrected chi connectivity index (χ2v) is 2.84. The molecule has 15 heavy (non-hydrogen) atoms. The number of rotatable bonds is 1. The zero-order valence-electron chi connectivity index (χ0n) is 7.72. The molecule has 7 heteroatoms. The average Bonchev–Trinajstić information content (AvgIpc) is 2.05. The Kier molecular flexibility index (Phi) is 3.02. The van der Waals surface area contributed by atoms with Crippen molar-refractivity contribution in [2.75, 3.05) is 5.32 Å². The van der Waals surface area contributed by atoms with Crippen molar-refractivity contribution >= 4 is 25.0 Å². The zero-order valence-corrected chi connectivity index (χ0v) is 7.72. The predicted molar refractivity (Wildman–Crippen MR) is 48.9 cm³/mol. The van der Waals surface area contributed by atoms with Crippen LogP contribution < -0.4 is 10.8 Å². The molecule has 0 aliphatic heterocycles. The third-order valence-corrected chi connectivity index (χ3v) is 1.54. The molecule has 3 nitrogen and oxygen atoms in total. The maximum atomic E-state index is 12.3. The molecule has 0 aliphatic carbocycles. The molecule has 1 N–H and O–H groups in total. The van der Waals surface area contributed by atoms with Gasteiger partial charge >= 0.3 is 6.18 Å². The van der Waals surface area contributed by atoms with Crippen LogP contribution in [0, 0.1) is 0 Å². The van der Waals surface area contributed by atoms with Crippen molar-refractivity contribution in [2.45, 2.75) is 13.1 Å². The van der Waals surface area contributed by atoms with Crippen LogP contribution in [0.4, 0.5) is 19.0 Å². The largest absolute Gasteiger partial charge is 0.416 e. The summed E-state index contributed by atoms with van der Waals surface area (Å²) in [4.78, 5) is 14.1. The topological polar surface area (TPSA) is 42.0 Å². The Labute approximate surface area is 85.1 Å². The van der Waals surface area contributed by atoms with E-state index in [0.29, 0.717) is 6.07 Å². The van der Waals surface area contributed by atoms with Gasteiger partial charge in [0.1, 0.15) is 13.7 Å². The molecule has 1 aromatic rings. The summed E-state index contributed by atoms with van der Waals surface area (Å²) in [6, 6.07) is 0.691. The second-order valence-electron chi connectivity index (χ2n) is 2.84. The van der Waals surface area contributed by atoms with E-state index in [-0.39, 0.29) is 5.82 Å². The number of carbonyl (C=O) groups is 1. The first kappa shape index (κ1) is 11.5. The summed E-state index contributed by atoms with van der Waals surface area (Å²) >= 11 is 0. The van der Waals surface area contributed by atoms with E-state index >= 15 is 0 Å².